The van der Waals surface area contributed by atoms with E-state index in [1.165, 1.54) is 5.56 Å². The van der Waals surface area contributed by atoms with Gasteiger partial charge >= 0.3 is 5.97 Å². The molecule has 0 fully saturated rings. The van der Waals surface area contributed by atoms with Crippen molar-refractivity contribution in [2.24, 2.45) is 0 Å². The Morgan fingerprint density at radius 3 is 2.43 bits per heavy atom. The van der Waals surface area contributed by atoms with E-state index in [0.29, 0.717) is 11.4 Å². The van der Waals surface area contributed by atoms with Crippen LogP contribution in [0, 0.1) is 0 Å². The van der Waals surface area contributed by atoms with Crippen molar-refractivity contribution in [2.75, 3.05) is 5.73 Å². The number of rotatable bonds is 5. The minimum atomic E-state index is -0.347. The predicted molar refractivity (Wildman–Crippen MR) is 84.2 cm³/mol. The Morgan fingerprint density at radius 1 is 1.24 bits per heavy atom. The highest BCUT2D eigenvalue weighted by molar-refractivity contribution is 5.89. The van der Waals surface area contributed by atoms with Gasteiger partial charge < -0.3 is 15.0 Å². The minimum absolute atomic E-state index is 0.161. The molecule has 2 N–H and O–H groups in total. The summed E-state index contributed by atoms with van der Waals surface area (Å²) < 4.78 is 7.21. The first kappa shape index (κ1) is 15.2. The van der Waals surface area contributed by atoms with Crippen molar-refractivity contribution in [1.29, 1.82) is 0 Å². The lowest BCUT2D eigenvalue weighted by atomic mass is 10.1. The molecule has 0 aliphatic heterocycles. The molecule has 0 unspecified atom stereocenters. The lowest BCUT2D eigenvalue weighted by molar-refractivity contribution is 0.0458. The number of ether oxygens (including phenoxy) is 1. The number of carbonyl (C=O) groups is 1. The Balaban J connectivity index is 2.04. The molecule has 0 atom stereocenters. The van der Waals surface area contributed by atoms with Gasteiger partial charge in [-0.05, 0) is 37.5 Å². The third-order valence-corrected chi connectivity index (χ3v) is 3.44. The highest BCUT2D eigenvalue weighted by Crippen LogP contribution is 2.18. The molecule has 112 valence electrons. The van der Waals surface area contributed by atoms with E-state index < -0.39 is 0 Å². The lowest BCUT2D eigenvalue weighted by Crippen LogP contribution is -2.13. The van der Waals surface area contributed by atoms with Crippen LogP contribution in [0.25, 0.3) is 0 Å². The van der Waals surface area contributed by atoms with Gasteiger partial charge in [0.15, 0.2) is 0 Å². The summed E-state index contributed by atoms with van der Waals surface area (Å²) >= 11 is 0. The number of hydrogen-bond donors (Lipinski definition) is 1. The van der Waals surface area contributed by atoms with Gasteiger partial charge in [0.2, 0.25) is 0 Å². The van der Waals surface area contributed by atoms with Gasteiger partial charge in [0.1, 0.15) is 12.3 Å². The summed E-state index contributed by atoms with van der Waals surface area (Å²) in [4.78, 5) is 12.2. The molecule has 0 saturated carbocycles. The second kappa shape index (κ2) is 6.48. The molecule has 1 aromatic carbocycles. The summed E-state index contributed by atoms with van der Waals surface area (Å²) in [6, 6.07) is 9.90. The van der Waals surface area contributed by atoms with Crippen LogP contribution in [-0.2, 0) is 17.8 Å². The number of aromatic nitrogens is 1. The molecular formula is C17H22N2O2. The van der Waals surface area contributed by atoms with Gasteiger partial charge in [-0.2, -0.15) is 0 Å². The second-order valence-electron chi connectivity index (χ2n) is 5.41. The van der Waals surface area contributed by atoms with Crippen LogP contribution in [0.15, 0.2) is 36.5 Å². The molecule has 0 amide bonds. The zero-order chi connectivity index (χ0) is 15.4. The number of aryl methyl sites for hydroxylation is 1. The summed E-state index contributed by atoms with van der Waals surface area (Å²) in [6.45, 7) is 6.38. The van der Waals surface area contributed by atoms with Crippen LogP contribution in [0.2, 0.25) is 0 Å². The zero-order valence-corrected chi connectivity index (χ0v) is 12.8. The normalized spacial score (nSPS) is 10.9. The van der Waals surface area contributed by atoms with Crippen LogP contribution < -0.4 is 5.73 Å². The third kappa shape index (κ3) is 3.66. The quantitative estimate of drug-likeness (QED) is 0.855. The fourth-order valence-electron chi connectivity index (χ4n) is 2.19. The van der Waals surface area contributed by atoms with E-state index in [0.717, 1.165) is 12.0 Å². The third-order valence-electron chi connectivity index (χ3n) is 3.44. The molecule has 0 spiro atoms. The maximum absolute atomic E-state index is 12.2. The van der Waals surface area contributed by atoms with E-state index in [9.17, 15) is 4.79 Å². The number of nitrogens with zero attached hydrogens (tertiary/aromatic N) is 1. The maximum Gasteiger partial charge on any atom is 0.355 e. The number of nitrogens with two attached hydrogens (primary N) is 1. The van der Waals surface area contributed by atoms with E-state index in [1.54, 1.807) is 12.3 Å². The number of carbonyl (C=O) groups excluding carboxylic acids is 1. The van der Waals surface area contributed by atoms with E-state index >= 15 is 0 Å². The Labute approximate surface area is 125 Å². The molecule has 2 aromatic rings. The first-order valence-electron chi connectivity index (χ1n) is 7.23. The van der Waals surface area contributed by atoms with Gasteiger partial charge in [0.25, 0.3) is 0 Å². The summed E-state index contributed by atoms with van der Waals surface area (Å²) in [5, 5.41) is 0. The average Bonchev–Trinajstić information content (AvgIpc) is 2.87. The largest absolute Gasteiger partial charge is 0.456 e. The number of anilines is 1. The summed E-state index contributed by atoms with van der Waals surface area (Å²) in [7, 11) is 0. The van der Waals surface area contributed by atoms with E-state index in [2.05, 4.69) is 19.1 Å². The van der Waals surface area contributed by atoms with Crippen molar-refractivity contribution in [3.63, 3.8) is 0 Å². The van der Waals surface area contributed by atoms with Crippen LogP contribution in [0.4, 0.5) is 5.69 Å². The standard InChI is InChI=1S/C17H22N2O2/c1-4-13-5-7-14(8-6-13)11-21-17(20)16-9-15(18)10-19(16)12(2)3/h5-10,12H,4,11,18H2,1-3H3. The number of hydrogen-bond acceptors (Lipinski definition) is 3. The van der Waals surface area contributed by atoms with Crippen molar-refractivity contribution in [3.8, 4) is 0 Å². The molecule has 0 aliphatic carbocycles. The monoisotopic (exact) mass is 286 g/mol. The van der Waals surface area contributed by atoms with Crippen LogP contribution >= 0.6 is 0 Å². The van der Waals surface area contributed by atoms with Crippen molar-refractivity contribution in [1.82, 2.24) is 4.57 Å². The van der Waals surface area contributed by atoms with Crippen LogP contribution in [0.5, 0.6) is 0 Å². The Morgan fingerprint density at radius 2 is 1.86 bits per heavy atom. The molecule has 0 aliphatic rings. The first-order chi connectivity index (χ1) is 10.0. The second-order valence-corrected chi connectivity index (χ2v) is 5.41. The summed E-state index contributed by atoms with van der Waals surface area (Å²) in [5.74, 6) is -0.347. The molecule has 0 bridgehead atoms. The molecule has 1 heterocycles. The number of nitrogen functional groups attached to an aromatic ring is 1. The van der Waals surface area contributed by atoms with Crippen molar-refractivity contribution < 1.29 is 9.53 Å². The Bertz CT molecular complexity index is 612. The fraction of sp³-hybridized carbons (Fsp3) is 0.353. The van der Waals surface area contributed by atoms with Crippen molar-refractivity contribution in [3.05, 3.63) is 53.3 Å². The Kier molecular flexibility index (Phi) is 4.68. The van der Waals surface area contributed by atoms with Crippen LogP contribution in [0.3, 0.4) is 0 Å². The topological polar surface area (TPSA) is 57.2 Å². The average molecular weight is 286 g/mol. The summed E-state index contributed by atoms with van der Waals surface area (Å²) in [5.41, 5.74) is 9.08. The zero-order valence-electron chi connectivity index (χ0n) is 12.8. The van der Waals surface area contributed by atoms with Crippen LogP contribution in [-0.4, -0.2) is 10.5 Å². The molecule has 0 saturated heterocycles. The number of esters is 1. The Hall–Kier alpha value is -2.23. The molecule has 4 nitrogen and oxygen atoms in total. The predicted octanol–water partition coefficient (Wildman–Crippen LogP) is 3.57. The van der Waals surface area contributed by atoms with E-state index in [4.69, 9.17) is 10.5 Å². The highest BCUT2D eigenvalue weighted by Gasteiger charge is 2.16. The van der Waals surface area contributed by atoms with E-state index in [1.807, 2.05) is 30.5 Å². The SMILES string of the molecule is CCc1ccc(COC(=O)c2cc(N)cn2C(C)C)cc1. The van der Waals surface area contributed by atoms with Crippen molar-refractivity contribution in [2.45, 2.75) is 39.8 Å². The highest BCUT2D eigenvalue weighted by atomic mass is 16.5. The molecule has 4 heteroatoms. The molecule has 21 heavy (non-hydrogen) atoms. The maximum atomic E-state index is 12.2. The minimum Gasteiger partial charge on any atom is -0.456 e. The molecule has 2 rings (SSSR count). The van der Waals surface area contributed by atoms with Gasteiger partial charge in [0, 0.05) is 12.2 Å². The molecule has 1 aromatic heterocycles. The molecular weight excluding hydrogens is 264 g/mol. The number of benzene rings is 1. The molecule has 0 radical (unpaired) electrons. The van der Waals surface area contributed by atoms with Crippen molar-refractivity contribution >= 4 is 11.7 Å². The van der Waals surface area contributed by atoms with Gasteiger partial charge in [-0.3, -0.25) is 0 Å². The lowest BCUT2D eigenvalue weighted by Gasteiger charge is -2.12. The summed E-state index contributed by atoms with van der Waals surface area (Å²) in [6.07, 6.45) is 2.76. The first-order valence-corrected chi connectivity index (χ1v) is 7.23. The van der Waals surface area contributed by atoms with Gasteiger partial charge in [-0.25, -0.2) is 4.79 Å². The fourth-order valence-corrected chi connectivity index (χ4v) is 2.19. The van der Waals surface area contributed by atoms with Crippen LogP contribution in [0.1, 0.15) is 48.4 Å². The van der Waals surface area contributed by atoms with E-state index in [-0.39, 0.29) is 18.6 Å². The smallest absolute Gasteiger partial charge is 0.355 e. The van der Waals surface area contributed by atoms with Gasteiger partial charge in [-0.1, -0.05) is 31.2 Å². The van der Waals surface area contributed by atoms with Gasteiger partial charge in [-0.15, -0.1) is 0 Å². The van der Waals surface area contributed by atoms with Gasteiger partial charge in [0.05, 0.1) is 5.69 Å².